The van der Waals surface area contributed by atoms with E-state index in [0.717, 1.165) is 12.5 Å². The Hall–Kier alpha value is -0.870. The third kappa shape index (κ3) is 4.13. The zero-order chi connectivity index (χ0) is 12.1. The van der Waals surface area contributed by atoms with Gasteiger partial charge < -0.3 is 9.84 Å². The van der Waals surface area contributed by atoms with Gasteiger partial charge in [0.05, 0.1) is 6.20 Å². The average molecular weight is 237 g/mol. The Bertz CT molecular complexity index is 302. The molecule has 0 aromatic carbocycles. The van der Waals surface area contributed by atoms with Gasteiger partial charge in [-0.3, -0.25) is 4.90 Å². The summed E-state index contributed by atoms with van der Waals surface area (Å²) < 4.78 is 4.86. The van der Waals surface area contributed by atoms with Crippen LogP contribution in [-0.4, -0.2) is 35.7 Å². The maximum atomic E-state index is 4.86. The molecule has 1 N–H and O–H groups in total. The molecule has 1 aliphatic heterocycles. The molecule has 96 valence electrons. The standard InChI is InChI=1S/C13H23N3O/c1-11(2)14-7-12-3-5-16(6-4-12)9-13-8-15-17-10-13/h8,10-12,14H,3-7,9H2,1-2H3. The van der Waals surface area contributed by atoms with Crippen LogP contribution in [0.1, 0.15) is 32.3 Å². The first-order valence-electron chi connectivity index (χ1n) is 6.58. The van der Waals surface area contributed by atoms with Crippen molar-refractivity contribution in [2.75, 3.05) is 19.6 Å². The van der Waals surface area contributed by atoms with Crippen LogP contribution in [0.4, 0.5) is 0 Å². The number of likely N-dealkylation sites (tertiary alicyclic amines) is 1. The Morgan fingerprint density at radius 1 is 1.47 bits per heavy atom. The van der Waals surface area contributed by atoms with Crippen LogP contribution in [0.2, 0.25) is 0 Å². The highest BCUT2D eigenvalue weighted by Crippen LogP contribution is 2.18. The summed E-state index contributed by atoms with van der Waals surface area (Å²) in [6.45, 7) is 8.94. The van der Waals surface area contributed by atoms with E-state index in [9.17, 15) is 0 Å². The Labute approximate surface area is 103 Å². The van der Waals surface area contributed by atoms with Gasteiger partial charge in [0.1, 0.15) is 6.26 Å². The number of rotatable bonds is 5. The first-order chi connectivity index (χ1) is 8.24. The molecular formula is C13H23N3O. The van der Waals surface area contributed by atoms with Crippen LogP contribution in [0.15, 0.2) is 17.0 Å². The van der Waals surface area contributed by atoms with Crippen molar-refractivity contribution in [3.63, 3.8) is 0 Å². The highest BCUT2D eigenvalue weighted by molar-refractivity contribution is 5.00. The number of piperidine rings is 1. The Morgan fingerprint density at radius 2 is 2.24 bits per heavy atom. The molecule has 2 rings (SSSR count). The molecule has 0 amide bonds. The molecule has 0 bridgehead atoms. The average Bonchev–Trinajstić information content (AvgIpc) is 2.81. The van der Waals surface area contributed by atoms with Gasteiger partial charge in [0, 0.05) is 18.2 Å². The van der Waals surface area contributed by atoms with E-state index in [1.54, 1.807) is 6.26 Å². The molecule has 17 heavy (non-hydrogen) atoms. The summed E-state index contributed by atoms with van der Waals surface area (Å²) in [4.78, 5) is 2.48. The second-order valence-electron chi connectivity index (χ2n) is 5.32. The molecule has 0 spiro atoms. The molecule has 0 saturated carbocycles. The third-order valence-corrected chi connectivity index (χ3v) is 3.41. The van der Waals surface area contributed by atoms with Crippen molar-refractivity contribution < 1.29 is 4.52 Å². The summed E-state index contributed by atoms with van der Waals surface area (Å²) in [5.41, 5.74) is 1.18. The molecule has 1 aliphatic rings. The maximum Gasteiger partial charge on any atom is 0.128 e. The van der Waals surface area contributed by atoms with Crippen LogP contribution >= 0.6 is 0 Å². The zero-order valence-corrected chi connectivity index (χ0v) is 10.9. The summed E-state index contributed by atoms with van der Waals surface area (Å²) in [6.07, 6.45) is 6.15. The summed E-state index contributed by atoms with van der Waals surface area (Å²) in [7, 11) is 0. The van der Waals surface area contributed by atoms with Crippen molar-refractivity contribution in [2.24, 2.45) is 5.92 Å². The van der Waals surface area contributed by atoms with Crippen molar-refractivity contribution in [1.82, 2.24) is 15.4 Å². The molecule has 0 unspecified atom stereocenters. The van der Waals surface area contributed by atoms with E-state index in [1.807, 2.05) is 6.20 Å². The fraction of sp³-hybridized carbons (Fsp3) is 0.769. The van der Waals surface area contributed by atoms with Gasteiger partial charge in [-0.05, 0) is 38.4 Å². The molecule has 1 aromatic rings. The Kier molecular flexibility index (Phi) is 4.57. The number of nitrogens with one attached hydrogen (secondary N) is 1. The van der Waals surface area contributed by atoms with E-state index >= 15 is 0 Å². The molecule has 0 aliphatic carbocycles. The zero-order valence-electron chi connectivity index (χ0n) is 10.9. The van der Waals surface area contributed by atoms with E-state index in [1.165, 1.54) is 38.0 Å². The predicted octanol–water partition coefficient (Wildman–Crippen LogP) is 1.88. The smallest absolute Gasteiger partial charge is 0.128 e. The van der Waals surface area contributed by atoms with Crippen molar-refractivity contribution in [3.05, 3.63) is 18.0 Å². The Morgan fingerprint density at radius 3 is 2.82 bits per heavy atom. The normalized spacial score (nSPS) is 19.0. The van der Waals surface area contributed by atoms with Gasteiger partial charge in [-0.25, -0.2) is 0 Å². The number of hydrogen-bond donors (Lipinski definition) is 1. The van der Waals surface area contributed by atoms with Gasteiger partial charge in [0.2, 0.25) is 0 Å². The Balaban J connectivity index is 1.67. The van der Waals surface area contributed by atoms with Gasteiger partial charge in [0.15, 0.2) is 0 Å². The third-order valence-electron chi connectivity index (χ3n) is 3.41. The van der Waals surface area contributed by atoms with Crippen LogP contribution < -0.4 is 5.32 Å². The molecule has 1 saturated heterocycles. The molecule has 1 aromatic heterocycles. The highest BCUT2D eigenvalue weighted by atomic mass is 16.5. The summed E-state index contributed by atoms with van der Waals surface area (Å²) >= 11 is 0. The topological polar surface area (TPSA) is 41.3 Å². The molecular weight excluding hydrogens is 214 g/mol. The monoisotopic (exact) mass is 237 g/mol. The van der Waals surface area contributed by atoms with E-state index in [-0.39, 0.29) is 0 Å². The van der Waals surface area contributed by atoms with E-state index in [4.69, 9.17) is 4.52 Å². The first kappa shape index (κ1) is 12.6. The van der Waals surface area contributed by atoms with E-state index in [0.29, 0.717) is 6.04 Å². The molecule has 4 nitrogen and oxygen atoms in total. The first-order valence-corrected chi connectivity index (χ1v) is 6.58. The van der Waals surface area contributed by atoms with Crippen molar-refractivity contribution in [2.45, 2.75) is 39.3 Å². The minimum atomic E-state index is 0.602. The number of hydrogen-bond acceptors (Lipinski definition) is 4. The van der Waals surface area contributed by atoms with E-state index in [2.05, 4.69) is 29.2 Å². The summed E-state index contributed by atoms with van der Waals surface area (Å²) in [5, 5.41) is 7.27. The van der Waals surface area contributed by atoms with Crippen LogP contribution in [-0.2, 0) is 6.54 Å². The molecule has 0 radical (unpaired) electrons. The summed E-state index contributed by atoms with van der Waals surface area (Å²) in [5.74, 6) is 0.844. The summed E-state index contributed by atoms with van der Waals surface area (Å²) in [6, 6.07) is 0.602. The lowest BCUT2D eigenvalue weighted by molar-refractivity contribution is 0.174. The quantitative estimate of drug-likeness (QED) is 0.849. The maximum absolute atomic E-state index is 4.86. The SMILES string of the molecule is CC(C)NCC1CCN(Cc2cnoc2)CC1. The van der Waals surface area contributed by atoms with Crippen LogP contribution in [0, 0.1) is 5.92 Å². The lowest BCUT2D eigenvalue weighted by Crippen LogP contribution is -2.38. The van der Waals surface area contributed by atoms with Gasteiger partial charge in [0.25, 0.3) is 0 Å². The van der Waals surface area contributed by atoms with E-state index < -0.39 is 0 Å². The van der Waals surface area contributed by atoms with Crippen LogP contribution in [0.3, 0.4) is 0 Å². The fourth-order valence-corrected chi connectivity index (χ4v) is 2.31. The molecule has 2 heterocycles. The van der Waals surface area contributed by atoms with Crippen molar-refractivity contribution in [3.8, 4) is 0 Å². The lowest BCUT2D eigenvalue weighted by Gasteiger charge is -2.32. The van der Waals surface area contributed by atoms with Crippen molar-refractivity contribution in [1.29, 1.82) is 0 Å². The van der Waals surface area contributed by atoms with Gasteiger partial charge in [-0.1, -0.05) is 19.0 Å². The van der Waals surface area contributed by atoms with Crippen LogP contribution in [0.5, 0.6) is 0 Å². The number of nitrogens with zero attached hydrogens (tertiary/aromatic N) is 2. The molecule has 4 heteroatoms. The number of aromatic nitrogens is 1. The minimum Gasteiger partial charge on any atom is -0.364 e. The largest absolute Gasteiger partial charge is 0.364 e. The minimum absolute atomic E-state index is 0.602. The molecule has 1 fully saturated rings. The fourth-order valence-electron chi connectivity index (χ4n) is 2.31. The van der Waals surface area contributed by atoms with Gasteiger partial charge >= 0.3 is 0 Å². The van der Waals surface area contributed by atoms with Crippen LogP contribution in [0.25, 0.3) is 0 Å². The van der Waals surface area contributed by atoms with Gasteiger partial charge in [-0.15, -0.1) is 0 Å². The predicted molar refractivity (Wildman–Crippen MR) is 67.6 cm³/mol. The molecule has 0 atom stereocenters. The second-order valence-corrected chi connectivity index (χ2v) is 5.32. The lowest BCUT2D eigenvalue weighted by atomic mass is 9.96. The second kappa shape index (κ2) is 6.17. The highest BCUT2D eigenvalue weighted by Gasteiger charge is 2.19. The van der Waals surface area contributed by atoms with Crippen molar-refractivity contribution >= 4 is 0 Å². The van der Waals surface area contributed by atoms with Gasteiger partial charge in [-0.2, -0.15) is 0 Å².